The Kier molecular flexibility index (Phi) is 3.05. The van der Waals surface area contributed by atoms with Crippen LogP contribution in [-0.4, -0.2) is 15.6 Å². The summed E-state index contributed by atoms with van der Waals surface area (Å²) in [5.41, 5.74) is 4.73. The van der Waals surface area contributed by atoms with Gasteiger partial charge in [0, 0.05) is 24.5 Å². The molecular formula is C12H10F3N3O. The van der Waals surface area contributed by atoms with Gasteiger partial charge >= 0.3 is 6.18 Å². The van der Waals surface area contributed by atoms with Gasteiger partial charge in [0.15, 0.2) is 5.78 Å². The number of benzene rings is 1. The van der Waals surface area contributed by atoms with Crippen molar-refractivity contribution in [2.75, 3.05) is 5.73 Å². The summed E-state index contributed by atoms with van der Waals surface area (Å²) in [4.78, 5) is 12.0. The fourth-order valence-corrected chi connectivity index (χ4v) is 1.64. The number of ketones is 1. The number of hydrogen-bond acceptors (Lipinski definition) is 3. The number of nitrogens with zero attached hydrogens (tertiary/aromatic N) is 2. The number of alkyl halides is 3. The fraction of sp³-hybridized carbons (Fsp3) is 0.167. The largest absolute Gasteiger partial charge is 0.416 e. The van der Waals surface area contributed by atoms with Crippen LogP contribution in [0, 0.1) is 0 Å². The lowest BCUT2D eigenvalue weighted by Crippen LogP contribution is -2.09. The number of nitrogens with two attached hydrogens (primary N) is 1. The predicted molar refractivity (Wildman–Crippen MR) is 62.5 cm³/mol. The molecule has 2 N–H and O–H groups in total. The van der Waals surface area contributed by atoms with Crippen LogP contribution in [0.25, 0.3) is 0 Å². The zero-order valence-corrected chi connectivity index (χ0v) is 9.90. The maximum absolute atomic E-state index is 12.5. The van der Waals surface area contributed by atoms with Crippen molar-refractivity contribution in [2.24, 2.45) is 7.05 Å². The Labute approximate surface area is 106 Å². The molecule has 0 amide bonds. The summed E-state index contributed by atoms with van der Waals surface area (Å²) in [6.07, 6.45) is -1.68. The first-order valence-corrected chi connectivity index (χ1v) is 5.29. The highest BCUT2D eigenvalue weighted by Gasteiger charge is 2.31. The summed E-state index contributed by atoms with van der Waals surface area (Å²) in [5.74, 6) is -0.459. The van der Waals surface area contributed by atoms with Crippen molar-refractivity contribution in [3.63, 3.8) is 0 Å². The van der Waals surface area contributed by atoms with E-state index in [4.69, 9.17) is 5.73 Å². The molecule has 0 saturated carbocycles. The van der Waals surface area contributed by atoms with Gasteiger partial charge in [-0.1, -0.05) is 0 Å². The molecule has 0 aliphatic rings. The summed E-state index contributed by atoms with van der Waals surface area (Å²) in [6.45, 7) is 0. The van der Waals surface area contributed by atoms with Crippen molar-refractivity contribution < 1.29 is 18.0 Å². The van der Waals surface area contributed by atoms with Crippen LogP contribution in [-0.2, 0) is 13.2 Å². The second-order valence-electron chi connectivity index (χ2n) is 4.03. The van der Waals surface area contributed by atoms with Gasteiger partial charge in [-0.05, 0) is 18.2 Å². The number of nitrogen functional groups attached to an aromatic ring is 1. The van der Waals surface area contributed by atoms with Gasteiger partial charge in [0.2, 0.25) is 0 Å². The van der Waals surface area contributed by atoms with Gasteiger partial charge < -0.3 is 5.73 Å². The van der Waals surface area contributed by atoms with Crippen molar-refractivity contribution in [1.29, 1.82) is 0 Å². The number of halogens is 3. The molecule has 0 aliphatic heterocycles. The normalized spacial score (nSPS) is 11.6. The van der Waals surface area contributed by atoms with Gasteiger partial charge in [0.25, 0.3) is 0 Å². The molecule has 0 spiro atoms. The second kappa shape index (κ2) is 4.42. The van der Waals surface area contributed by atoms with Gasteiger partial charge in [0.05, 0.1) is 17.3 Å². The molecule has 0 aliphatic carbocycles. The van der Waals surface area contributed by atoms with Gasteiger partial charge in [-0.15, -0.1) is 0 Å². The highest BCUT2D eigenvalue weighted by molar-refractivity contribution is 6.11. The monoisotopic (exact) mass is 269 g/mol. The van der Waals surface area contributed by atoms with E-state index in [2.05, 4.69) is 5.10 Å². The van der Waals surface area contributed by atoms with E-state index in [-0.39, 0.29) is 16.8 Å². The third-order valence-electron chi connectivity index (χ3n) is 2.59. The van der Waals surface area contributed by atoms with Gasteiger partial charge in [0.1, 0.15) is 0 Å². The molecule has 0 atom stereocenters. The van der Waals surface area contributed by atoms with Crippen LogP contribution >= 0.6 is 0 Å². The highest BCUT2D eigenvalue weighted by atomic mass is 19.4. The minimum absolute atomic E-state index is 0.0287. The van der Waals surface area contributed by atoms with Crippen molar-refractivity contribution in [3.8, 4) is 0 Å². The Morgan fingerprint density at radius 3 is 2.53 bits per heavy atom. The minimum atomic E-state index is -4.48. The summed E-state index contributed by atoms with van der Waals surface area (Å²) in [5, 5.41) is 3.82. The van der Waals surface area contributed by atoms with Crippen molar-refractivity contribution in [2.45, 2.75) is 6.18 Å². The van der Waals surface area contributed by atoms with E-state index in [0.29, 0.717) is 0 Å². The van der Waals surface area contributed by atoms with Crippen LogP contribution in [0.5, 0.6) is 0 Å². The van der Waals surface area contributed by atoms with E-state index in [1.807, 2.05) is 0 Å². The summed E-state index contributed by atoms with van der Waals surface area (Å²) in [7, 11) is 1.63. The molecule has 0 bridgehead atoms. The Bertz CT molecular complexity index is 631. The third kappa shape index (κ3) is 2.59. The molecule has 0 saturated heterocycles. The Morgan fingerprint density at radius 2 is 2.05 bits per heavy atom. The molecule has 4 nitrogen and oxygen atoms in total. The van der Waals surface area contributed by atoms with E-state index in [1.54, 1.807) is 7.05 Å². The molecule has 0 radical (unpaired) electrons. The first-order chi connectivity index (χ1) is 8.79. The van der Waals surface area contributed by atoms with Gasteiger partial charge in [-0.3, -0.25) is 9.48 Å². The molecule has 7 heteroatoms. The number of carbonyl (C=O) groups is 1. The minimum Gasteiger partial charge on any atom is -0.398 e. The van der Waals surface area contributed by atoms with Crippen LogP contribution in [0.2, 0.25) is 0 Å². The molecular weight excluding hydrogens is 259 g/mol. The predicted octanol–water partition coefficient (Wildman–Crippen LogP) is 2.25. The SMILES string of the molecule is Cn1cc(C(=O)c2ccc(C(F)(F)F)cc2N)cn1. The maximum atomic E-state index is 12.5. The number of aryl methyl sites for hydroxylation is 1. The van der Waals surface area contributed by atoms with Crippen molar-refractivity contribution >= 4 is 11.5 Å². The van der Waals surface area contributed by atoms with E-state index >= 15 is 0 Å². The van der Waals surface area contributed by atoms with Crippen LogP contribution < -0.4 is 5.73 Å². The summed E-state index contributed by atoms with van der Waals surface area (Å²) >= 11 is 0. The zero-order chi connectivity index (χ0) is 14.2. The molecule has 1 aromatic carbocycles. The average Bonchev–Trinajstić information content (AvgIpc) is 2.73. The summed E-state index contributed by atoms with van der Waals surface area (Å²) in [6, 6.07) is 2.66. The molecule has 1 heterocycles. The second-order valence-corrected chi connectivity index (χ2v) is 4.03. The Morgan fingerprint density at radius 1 is 1.37 bits per heavy atom. The van der Waals surface area contributed by atoms with Crippen LogP contribution in [0.4, 0.5) is 18.9 Å². The van der Waals surface area contributed by atoms with Crippen LogP contribution in [0.3, 0.4) is 0 Å². The lowest BCUT2D eigenvalue weighted by Gasteiger charge is -2.09. The number of carbonyl (C=O) groups excluding carboxylic acids is 1. The lowest BCUT2D eigenvalue weighted by molar-refractivity contribution is -0.137. The Balaban J connectivity index is 2.39. The van der Waals surface area contributed by atoms with Gasteiger partial charge in [-0.2, -0.15) is 18.3 Å². The van der Waals surface area contributed by atoms with Gasteiger partial charge in [-0.25, -0.2) is 0 Å². The maximum Gasteiger partial charge on any atom is 0.416 e. The Hall–Kier alpha value is -2.31. The number of hydrogen-bond donors (Lipinski definition) is 1. The van der Waals surface area contributed by atoms with Crippen molar-refractivity contribution in [1.82, 2.24) is 9.78 Å². The first-order valence-electron chi connectivity index (χ1n) is 5.29. The number of rotatable bonds is 2. The van der Waals surface area contributed by atoms with Crippen LogP contribution in [0.1, 0.15) is 21.5 Å². The molecule has 0 unspecified atom stereocenters. The number of anilines is 1. The first kappa shape index (κ1) is 13.1. The standard InChI is InChI=1S/C12H10F3N3O/c1-18-6-7(5-17-18)11(19)9-3-2-8(4-10(9)16)12(13,14)15/h2-6H,16H2,1H3. The van der Waals surface area contributed by atoms with E-state index in [1.165, 1.54) is 17.1 Å². The van der Waals surface area contributed by atoms with Crippen LogP contribution in [0.15, 0.2) is 30.6 Å². The fourth-order valence-electron chi connectivity index (χ4n) is 1.64. The topological polar surface area (TPSA) is 60.9 Å². The molecule has 100 valence electrons. The average molecular weight is 269 g/mol. The smallest absolute Gasteiger partial charge is 0.398 e. The molecule has 19 heavy (non-hydrogen) atoms. The highest BCUT2D eigenvalue weighted by Crippen LogP contribution is 2.31. The molecule has 2 aromatic rings. The third-order valence-corrected chi connectivity index (χ3v) is 2.59. The molecule has 0 fully saturated rings. The zero-order valence-electron chi connectivity index (χ0n) is 9.90. The van der Waals surface area contributed by atoms with E-state index in [9.17, 15) is 18.0 Å². The molecule has 2 rings (SSSR count). The quantitative estimate of drug-likeness (QED) is 0.672. The van der Waals surface area contributed by atoms with E-state index < -0.39 is 17.5 Å². The number of aromatic nitrogens is 2. The van der Waals surface area contributed by atoms with E-state index in [0.717, 1.165) is 18.2 Å². The molecule has 1 aromatic heterocycles. The lowest BCUT2D eigenvalue weighted by atomic mass is 10.0. The van der Waals surface area contributed by atoms with Crippen molar-refractivity contribution in [3.05, 3.63) is 47.3 Å². The summed E-state index contributed by atoms with van der Waals surface area (Å²) < 4.78 is 38.8.